The van der Waals surface area contributed by atoms with Gasteiger partial charge in [0, 0.05) is 16.6 Å². The smallest absolute Gasteiger partial charge is 0.280 e. The van der Waals surface area contributed by atoms with Crippen molar-refractivity contribution in [1.82, 2.24) is 14.9 Å². The van der Waals surface area contributed by atoms with E-state index in [2.05, 4.69) is 14.9 Å². The van der Waals surface area contributed by atoms with Crippen LogP contribution in [-0.2, 0) is 4.79 Å². The van der Waals surface area contributed by atoms with Crippen LogP contribution in [0, 0.1) is 6.92 Å². The van der Waals surface area contributed by atoms with Crippen LogP contribution in [0.15, 0.2) is 60.0 Å². The summed E-state index contributed by atoms with van der Waals surface area (Å²) < 4.78 is 3.82. The van der Waals surface area contributed by atoms with Crippen LogP contribution in [0.1, 0.15) is 48.4 Å². The second-order valence-electron chi connectivity index (χ2n) is 7.80. The second kappa shape index (κ2) is 8.53. The summed E-state index contributed by atoms with van der Waals surface area (Å²) in [6.45, 7) is 7.66. The molecule has 0 saturated heterocycles. The number of hydrogen-bond acceptors (Lipinski definition) is 5. The Balaban J connectivity index is 2.18. The van der Waals surface area contributed by atoms with Gasteiger partial charge in [-0.1, -0.05) is 53.0 Å². The van der Waals surface area contributed by atoms with Crippen molar-refractivity contribution < 1.29 is 9.59 Å². The molecule has 0 aliphatic carbocycles. The molecule has 0 fully saturated rings. The maximum absolute atomic E-state index is 13.5. The van der Waals surface area contributed by atoms with Gasteiger partial charge in [-0.25, -0.2) is 0 Å². The van der Waals surface area contributed by atoms with Gasteiger partial charge in [-0.3, -0.25) is 14.5 Å². The summed E-state index contributed by atoms with van der Waals surface area (Å²) in [7, 11) is 0. The molecule has 2 aromatic carbocycles. The number of hydrogen-bond donors (Lipinski definition) is 1. The first-order valence-corrected chi connectivity index (χ1v) is 10.1. The second-order valence-corrected chi connectivity index (χ2v) is 8.41. The molecule has 0 unspecified atom stereocenters. The van der Waals surface area contributed by atoms with E-state index < -0.39 is 11.6 Å². The normalized spacial score (nSPS) is 12.3. The van der Waals surface area contributed by atoms with E-state index >= 15 is 0 Å². The molecule has 2 amide bonds. The lowest BCUT2D eigenvalue weighted by Gasteiger charge is -2.34. The molecule has 150 valence electrons. The first-order valence-electron chi connectivity index (χ1n) is 9.31. The fraction of sp³-hybridized carbons (Fsp3) is 0.273. The van der Waals surface area contributed by atoms with Crippen LogP contribution in [0.2, 0.25) is 0 Å². The van der Waals surface area contributed by atoms with Gasteiger partial charge in [0.15, 0.2) is 5.69 Å². The molecule has 1 atom stereocenters. The molecule has 1 N–H and O–H groups in total. The standard InChI is InChI=1S/C22H24N4O2S/c1-15-10-8-9-13-18(15)26(21(28)17-14-29-25-24-17)19(16-11-6-5-7-12-16)20(27)23-22(2,3)4/h5-14,19H,1-4H3,(H,23,27)/t19-/m0/s1. The SMILES string of the molecule is Cc1ccccc1N(C(=O)c1csnn1)[C@H](C(=O)NC(C)(C)C)c1ccccc1. The van der Waals surface area contributed by atoms with E-state index in [1.807, 2.05) is 82.3 Å². The maximum atomic E-state index is 13.5. The van der Waals surface area contributed by atoms with E-state index in [0.29, 0.717) is 11.3 Å². The highest BCUT2D eigenvalue weighted by Crippen LogP contribution is 2.32. The molecule has 0 saturated carbocycles. The molecule has 0 radical (unpaired) electrons. The van der Waals surface area contributed by atoms with Crippen LogP contribution in [-0.4, -0.2) is 26.9 Å². The molecule has 29 heavy (non-hydrogen) atoms. The summed E-state index contributed by atoms with van der Waals surface area (Å²) in [4.78, 5) is 28.4. The van der Waals surface area contributed by atoms with E-state index in [-0.39, 0.29) is 17.5 Å². The van der Waals surface area contributed by atoms with Crippen LogP contribution in [0.3, 0.4) is 0 Å². The third-order valence-corrected chi connectivity index (χ3v) is 4.80. The molecular weight excluding hydrogens is 384 g/mol. The Morgan fingerprint density at radius 3 is 2.28 bits per heavy atom. The lowest BCUT2D eigenvalue weighted by Crippen LogP contribution is -2.49. The predicted octanol–water partition coefficient (Wildman–Crippen LogP) is 4.15. The van der Waals surface area contributed by atoms with E-state index in [1.165, 1.54) is 4.90 Å². The highest BCUT2D eigenvalue weighted by atomic mass is 32.1. The van der Waals surface area contributed by atoms with Crippen molar-refractivity contribution in [3.05, 3.63) is 76.8 Å². The molecule has 1 aromatic heterocycles. The molecule has 3 rings (SSSR count). The van der Waals surface area contributed by atoms with E-state index in [9.17, 15) is 9.59 Å². The van der Waals surface area contributed by atoms with Crippen molar-refractivity contribution in [2.24, 2.45) is 0 Å². The zero-order valence-electron chi connectivity index (χ0n) is 16.9. The lowest BCUT2D eigenvalue weighted by atomic mass is 9.99. The Morgan fingerprint density at radius 1 is 1.03 bits per heavy atom. The van der Waals surface area contributed by atoms with Crippen LogP contribution in [0.4, 0.5) is 5.69 Å². The maximum Gasteiger partial charge on any atom is 0.280 e. The Labute approximate surface area is 174 Å². The zero-order valence-corrected chi connectivity index (χ0v) is 17.7. The molecule has 0 aliphatic rings. The summed E-state index contributed by atoms with van der Waals surface area (Å²) in [5.74, 6) is -0.630. The molecule has 1 heterocycles. The van der Waals surface area contributed by atoms with E-state index in [4.69, 9.17) is 0 Å². The first-order chi connectivity index (χ1) is 13.8. The molecule has 3 aromatic rings. The minimum atomic E-state index is -0.856. The number of aryl methyl sites for hydroxylation is 1. The van der Waals surface area contributed by atoms with Crippen LogP contribution in [0.5, 0.6) is 0 Å². The Bertz CT molecular complexity index is 982. The van der Waals surface area contributed by atoms with Gasteiger partial charge in [0.2, 0.25) is 5.91 Å². The number of para-hydroxylation sites is 1. The average molecular weight is 409 g/mol. The van der Waals surface area contributed by atoms with Gasteiger partial charge in [-0.2, -0.15) is 0 Å². The summed E-state index contributed by atoms with van der Waals surface area (Å²) in [5.41, 5.74) is 2.01. The predicted molar refractivity (Wildman–Crippen MR) is 115 cm³/mol. The molecule has 0 aliphatic heterocycles. The van der Waals surface area contributed by atoms with E-state index in [0.717, 1.165) is 17.1 Å². The Kier molecular flexibility index (Phi) is 6.08. The van der Waals surface area contributed by atoms with Gasteiger partial charge in [-0.15, -0.1) is 5.10 Å². The van der Waals surface area contributed by atoms with Crippen LogP contribution in [0.25, 0.3) is 0 Å². The number of aromatic nitrogens is 2. The van der Waals surface area contributed by atoms with Gasteiger partial charge in [0.05, 0.1) is 0 Å². The van der Waals surface area contributed by atoms with Crippen molar-refractivity contribution >= 4 is 29.0 Å². The van der Waals surface area contributed by atoms with Crippen LogP contribution >= 0.6 is 11.5 Å². The van der Waals surface area contributed by atoms with Crippen molar-refractivity contribution in [3.63, 3.8) is 0 Å². The minimum Gasteiger partial charge on any atom is -0.349 e. The summed E-state index contributed by atoms with van der Waals surface area (Å²) in [6.07, 6.45) is 0. The number of nitrogens with one attached hydrogen (secondary N) is 1. The number of anilines is 1. The van der Waals surface area contributed by atoms with E-state index in [1.54, 1.807) is 5.38 Å². The minimum absolute atomic E-state index is 0.211. The van der Waals surface area contributed by atoms with Gasteiger partial charge in [0.25, 0.3) is 5.91 Å². The highest BCUT2D eigenvalue weighted by Gasteiger charge is 2.36. The number of nitrogens with zero attached hydrogens (tertiary/aromatic N) is 3. The van der Waals surface area contributed by atoms with Crippen molar-refractivity contribution in [2.75, 3.05) is 4.90 Å². The quantitative estimate of drug-likeness (QED) is 0.688. The number of rotatable bonds is 5. The third-order valence-electron chi connectivity index (χ3n) is 4.29. The molecule has 0 spiro atoms. The Hall–Kier alpha value is -3.06. The fourth-order valence-corrected chi connectivity index (χ4v) is 3.50. The first kappa shape index (κ1) is 20.7. The van der Waals surface area contributed by atoms with Gasteiger partial charge < -0.3 is 5.32 Å². The lowest BCUT2D eigenvalue weighted by molar-refractivity contribution is -0.123. The largest absolute Gasteiger partial charge is 0.349 e. The highest BCUT2D eigenvalue weighted by molar-refractivity contribution is 7.03. The van der Waals surface area contributed by atoms with Crippen molar-refractivity contribution in [2.45, 2.75) is 39.3 Å². The number of benzene rings is 2. The van der Waals surface area contributed by atoms with Crippen LogP contribution < -0.4 is 10.2 Å². The third kappa shape index (κ3) is 4.86. The topological polar surface area (TPSA) is 75.2 Å². The summed E-state index contributed by atoms with van der Waals surface area (Å²) in [6, 6.07) is 16.0. The monoisotopic (exact) mass is 408 g/mol. The summed E-state index contributed by atoms with van der Waals surface area (Å²) >= 11 is 1.10. The molecule has 6 nitrogen and oxygen atoms in total. The Morgan fingerprint density at radius 2 is 1.69 bits per heavy atom. The van der Waals surface area contributed by atoms with Gasteiger partial charge in [0.1, 0.15) is 6.04 Å². The molecule has 7 heteroatoms. The molecule has 0 bridgehead atoms. The van der Waals surface area contributed by atoms with Crippen molar-refractivity contribution in [1.29, 1.82) is 0 Å². The zero-order chi connectivity index (χ0) is 21.0. The molecular formula is C22H24N4O2S. The number of carbonyl (C=O) groups is 2. The van der Waals surface area contributed by atoms with Crippen molar-refractivity contribution in [3.8, 4) is 0 Å². The number of amides is 2. The summed E-state index contributed by atoms with van der Waals surface area (Å²) in [5, 5.41) is 8.56. The van der Waals surface area contributed by atoms with Gasteiger partial charge in [-0.05, 0) is 56.4 Å². The number of carbonyl (C=O) groups excluding carboxylic acids is 2. The average Bonchev–Trinajstić information content (AvgIpc) is 3.20. The fourth-order valence-electron chi connectivity index (χ4n) is 3.07. The van der Waals surface area contributed by atoms with Gasteiger partial charge >= 0.3 is 0 Å².